The van der Waals surface area contributed by atoms with E-state index >= 15 is 0 Å². The van der Waals surface area contributed by atoms with Crippen LogP contribution in [-0.2, 0) is 19.7 Å². The molecule has 124 valence electrons. The maximum absolute atomic E-state index is 13.9. The third kappa shape index (κ3) is 3.49. The molecular weight excluding hydrogens is 329 g/mol. The predicted molar refractivity (Wildman–Crippen MR) is 82.8 cm³/mol. The summed E-state index contributed by atoms with van der Waals surface area (Å²) in [4.78, 5) is -0.419. The number of hydrogen-bond donors (Lipinski definition) is 1. The zero-order valence-corrected chi connectivity index (χ0v) is 14.2. The lowest BCUT2D eigenvalue weighted by atomic mass is 10.2. The first-order chi connectivity index (χ1) is 10.2. The fraction of sp³-hybridized carbons (Fsp3) is 0.571. The summed E-state index contributed by atoms with van der Waals surface area (Å²) in [6.07, 6.45) is 0.752. The lowest BCUT2D eigenvalue weighted by molar-refractivity contribution is 0.518. The molecule has 1 aliphatic heterocycles. The summed E-state index contributed by atoms with van der Waals surface area (Å²) in [6, 6.07) is 3.13. The smallest absolute Gasteiger partial charge is 0.186 e. The molecule has 8 heteroatoms. The minimum atomic E-state index is -4.06. The van der Waals surface area contributed by atoms with Gasteiger partial charge in [0, 0.05) is 6.04 Å². The lowest BCUT2D eigenvalue weighted by Gasteiger charge is -2.20. The van der Waals surface area contributed by atoms with Crippen LogP contribution in [-0.4, -0.2) is 46.2 Å². The molecule has 2 rings (SSSR count). The molecule has 1 saturated heterocycles. The van der Waals surface area contributed by atoms with Gasteiger partial charge in [-0.1, -0.05) is 13.0 Å². The van der Waals surface area contributed by atoms with Gasteiger partial charge in [0.15, 0.2) is 19.7 Å². The molecule has 1 heterocycles. The minimum Gasteiger partial charge on any atom is -0.312 e. The first-order valence-electron chi connectivity index (χ1n) is 7.11. The van der Waals surface area contributed by atoms with E-state index in [-0.39, 0.29) is 5.75 Å². The van der Waals surface area contributed by atoms with Gasteiger partial charge in [0.05, 0.1) is 16.8 Å². The highest BCUT2D eigenvalue weighted by atomic mass is 32.2. The average Bonchev–Trinajstić information content (AvgIpc) is 2.75. The number of hydrogen-bond acceptors (Lipinski definition) is 5. The zero-order chi connectivity index (χ0) is 16.5. The van der Waals surface area contributed by atoms with Crippen molar-refractivity contribution in [2.24, 2.45) is 0 Å². The van der Waals surface area contributed by atoms with E-state index in [9.17, 15) is 21.2 Å². The summed E-state index contributed by atoms with van der Waals surface area (Å²) in [6.45, 7) is 4.08. The van der Waals surface area contributed by atoms with Crippen molar-refractivity contribution < 1.29 is 21.2 Å². The summed E-state index contributed by atoms with van der Waals surface area (Å²) >= 11 is 0. The van der Waals surface area contributed by atoms with Gasteiger partial charge in [-0.2, -0.15) is 0 Å². The normalized spacial score (nSPS) is 24.5. The monoisotopic (exact) mass is 349 g/mol. The van der Waals surface area contributed by atoms with Gasteiger partial charge < -0.3 is 5.32 Å². The molecule has 1 aromatic carbocycles. The summed E-state index contributed by atoms with van der Waals surface area (Å²) in [5.74, 6) is -1.54. The van der Waals surface area contributed by atoms with Crippen LogP contribution in [0.1, 0.15) is 18.9 Å². The molecule has 0 amide bonds. The Hall–Kier alpha value is -0.990. The van der Waals surface area contributed by atoms with Crippen LogP contribution in [0.25, 0.3) is 0 Å². The van der Waals surface area contributed by atoms with Crippen molar-refractivity contribution in [1.29, 1.82) is 0 Å². The van der Waals surface area contributed by atoms with E-state index in [1.165, 1.54) is 12.1 Å². The van der Waals surface area contributed by atoms with Crippen LogP contribution >= 0.6 is 0 Å². The van der Waals surface area contributed by atoms with Gasteiger partial charge in [-0.3, -0.25) is 0 Å². The van der Waals surface area contributed by atoms with Gasteiger partial charge in [-0.05, 0) is 37.6 Å². The van der Waals surface area contributed by atoms with Crippen LogP contribution in [0.2, 0.25) is 0 Å². The minimum absolute atomic E-state index is 0.232. The van der Waals surface area contributed by atoms with Crippen molar-refractivity contribution >= 4 is 19.7 Å². The summed E-state index contributed by atoms with van der Waals surface area (Å²) in [5, 5.41) is 1.81. The molecule has 1 aliphatic rings. The fourth-order valence-electron chi connectivity index (χ4n) is 2.63. The number of rotatable bonds is 5. The van der Waals surface area contributed by atoms with Crippen molar-refractivity contribution in [3.63, 3.8) is 0 Å². The quantitative estimate of drug-likeness (QED) is 0.860. The Bertz CT molecular complexity index is 759. The molecule has 0 aromatic heterocycles. The van der Waals surface area contributed by atoms with Gasteiger partial charge in [0.25, 0.3) is 0 Å². The second-order valence-corrected chi connectivity index (χ2v) is 9.94. The summed E-state index contributed by atoms with van der Waals surface area (Å²) in [7, 11) is -7.51. The van der Waals surface area contributed by atoms with Crippen LogP contribution < -0.4 is 5.32 Å². The van der Waals surface area contributed by atoms with E-state index in [1.807, 2.05) is 6.92 Å². The van der Waals surface area contributed by atoms with Gasteiger partial charge >= 0.3 is 0 Å². The first kappa shape index (κ1) is 17.4. The molecule has 0 spiro atoms. The highest BCUT2D eigenvalue weighted by Gasteiger charge is 2.46. The molecule has 1 N–H and O–H groups in total. The maximum atomic E-state index is 13.9. The van der Waals surface area contributed by atoms with Crippen LogP contribution in [0.4, 0.5) is 4.39 Å². The number of nitrogens with one attached hydrogen (secondary N) is 1. The highest BCUT2D eigenvalue weighted by molar-refractivity contribution is 7.96. The molecular formula is C14H20FNO4S2. The lowest BCUT2D eigenvalue weighted by Crippen LogP contribution is -2.43. The summed E-state index contributed by atoms with van der Waals surface area (Å²) < 4.78 is 63.1. The first-order valence-corrected chi connectivity index (χ1v) is 10.5. The molecule has 5 nitrogen and oxygen atoms in total. The topological polar surface area (TPSA) is 80.3 Å². The number of benzene rings is 1. The molecule has 0 saturated carbocycles. The Morgan fingerprint density at radius 1 is 1.32 bits per heavy atom. The van der Waals surface area contributed by atoms with Gasteiger partial charge in [0.2, 0.25) is 0 Å². The third-order valence-electron chi connectivity index (χ3n) is 3.75. The molecule has 22 heavy (non-hydrogen) atoms. The van der Waals surface area contributed by atoms with Crippen molar-refractivity contribution in [3.8, 4) is 0 Å². The van der Waals surface area contributed by atoms with Crippen LogP contribution in [0.5, 0.6) is 0 Å². The maximum Gasteiger partial charge on any atom is 0.186 e. The Labute approximate surface area is 130 Å². The SMILES string of the molecule is CCCN[C@H]1CS(=O)(=O)C[C@@H]1S(=O)(=O)c1cc(C)ccc1F. The number of sulfone groups is 2. The molecule has 0 bridgehead atoms. The molecule has 1 aromatic rings. The molecule has 0 unspecified atom stereocenters. The largest absolute Gasteiger partial charge is 0.312 e. The number of halogens is 1. The van der Waals surface area contributed by atoms with E-state index in [0.717, 1.165) is 12.5 Å². The van der Waals surface area contributed by atoms with Gasteiger partial charge in [-0.25, -0.2) is 21.2 Å². The third-order valence-corrected chi connectivity index (χ3v) is 7.91. The highest BCUT2D eigenvalue weighted by Crippen LogP contribution is 2.28. The average molecular weight is 349 g/mol. The second-order valence-electron chi connectivity index (χ2n) is 5.65. The van der Waals surface area contributed by atoms with E-state index in [0.29, 0.717) is 12.1 Å². The number of aryl methyl sites for hydroxylation is 1. The van der Waals surface area contributed by atoms with E-state index in [1.54, 1.807) is 6.92 Å². The van der Waals surface area contributed by atoms with Crippen LogP contribution in [0.15, 0.2) is 23.1 Å². The zero-order valence-electron chi connectivity index (χ0n) is 12.5. The van der Waals surface area contributed by atoms with Crippen molar-refractivity contribution in [3.05, 3.63) is 29.6 Å². The Morgan fingerprint density at radius 2 is 2.00 bits per heavy atom. The Morgan fingerprint density at radius 3 is 2.64 bits per heavy atom. The fourth-order valence-corrected chi connectivity index (χ4v) is 7.50. The standard InChI is InChI=1S/C14H20FNO4S2/c1-3-6-16-12-8-21(17,18)9-14(12)22(19,20)13-7-10(2)4-5-11(13)15/h4-5,7,12,14,16H,3,6,8-9H2,1-2H3/t12-,14-/m0/s1. The van der Waals surface area contributed by atoms with Crippen LogP contribution in [0.3, 0.4) is 0 Å². The van der Waals surface area contributed by atoms with Crippen molar-refractivity contribution in [2.75, 3.05) is 18.1 Å². The van der Waals surface area contributed by atoms with E-state index in [2.05, 4.69) is 5.32 Å². The van der Waals surface area contributed by atoms with E-state index in [4.69, 9.17) is 0 Å². The molecule has 1 fully saturated rings. The van der Waals surface area contributed by atoms with Gasteiger partial charge in [-0.15, -0.1) is 0 Å². The summed E-state index contributed by atoms with van der Waals surface area (Å²) in [5.41, 5.74) is 0.610. The Kier molecular flexibility index (Phi) is 4.93. The van der Waals surface area contributed by atoms with E-state index < -0.39 is 47.4 Å². The molecule has 2 atom stereocenters. The molecule has 0 radical (unpaired) electrons. The predicted octanol–water partition coefficient (Wildman–Crippen LogP) is 1.07. The Balaban J connectivity index is 2.44. The van der Waals surface area contributed by atoms with Gasteiger partial charge in [0.1, 0.15) is 10.7 Å². The molecule has 0 aliphatic carbocycles. The van der Waals surface area contributed by atoms with Crippen molar-refractivity contribution in [1.82, 2.24) is 5.32 Å². The van der Waals surface area contributed by atoms with Crippen LogP contribution in [0, 0.1) is 12.7 Å². The second kappa shape index (κ2) is 6.25. The van der Waals surface area contributed by atoms with Crippen molar-refractivity contribution in [2.45, 2.75) is 36.5 Å².